The molecule has 2 heterocycles. The smallest absolute Gasteiger partial charge is 0.330 e. The highest BCUT2D eigenvalue weighted by atomic mass is 16.5. The summed E-state index contributed by atoms with van der Waals surface area (Å²) in [4.78, 5) is 26.2. The summed E-state index contributed by atoms with van der Waals surface area (Å²) in [5, 5.41) is 9.09. The van der Waals surface area contributed by atoms with Gasteiger partial charge in [0.2, 0.25) is 0 Å². The SMILES string of the molecule is CCCCCCCCOCc1cn(C2C=C[C@@H](CO)O2)c(=O)[nH]c1=O. The number of rotatable bonds is 11. The summed E-state index contributed by atoms with van der Waals surface area (Å²) >= 11 is 0. The summed E-state index contributed by atoms with van der Waals surface area (Å²) in [5.41, 5.74) is -0.599. The third-order valence-corrected chi connectivity index (χ3v) is 4.20. The molecule has 0 radical (unpaired) electrons. The molecule has 2 N–H and O–H groups in total. The zero-order valence-electron chi connectivity index (χ0n) is 14.8. The van der Waals surface area contributed by atoms with Gasteiger partial charge in [-0.3, -0.25) is 14.3 Å². The van der Waals surface area contributed by atoms with E-state index in [1.54, 1.807) is 12.2 Å². The summed E-state index contributed by atoms with van der Waals surface area (Å²) in [7, 11) is 0. The van der Waals surface area contributed by atoms with Gasteiger partial charge in [-0.05, 0) is 12.5 Å². The van der Waals surface area contributed by atoms with Crippen LogP contribution in [-0.4, -0.2) is 34.0 Å². The van der Waals surface area contributed by atoms with Gasteiger partial charge < -0.3 is 14.6 Å². The minimum absolute atomic E-state index is 0.153. The number of aromatic amines is 1. The summed E-state index contributed by atoms with van der Waals surface area (Å²) < 4.78 is 12.4. The van der Waals surface area contributed by atoms with Crippen LogP contribution in [0.15, 0.2) is 27.9 Å². The molecule has 1 unspecified atom stereocenters. The first kappa shape index (κ1) is 19.6. The van der Waals surface area contributed by atoms with Crippen LogP contribution in [0, 0.1) is 0 Å². The standard InChI is InChI=1S/C18H28N2O5/c1-2-3-4-5-6-7-10-24-13-14-11-20(18(23)19-17(14)22)16-9-8-15(12-21)25-16/h8-9,11,15-16,21H,2-7,10,12-13H2,1H3,(H,19,22,23)/t15-,16?/m0/s1. The minimum Gasteiger partial charge on any atom is -0.393 e. The molecule has 7 nitrogen and oxygen atoms in total. The molecule has 1 aliphatic heterocycles. The maximum atomic E-state index is 12.0. The second-order valence-corrected chi connectivity index (χ2v) is 6.27. The Morgan fingerprint density at radius 3 is 2.68 bits per heavy atom. The molecule has 1 aromatic rings. The molecule has 7 heteroatoms. The first-order valence-electron chi connectivity index (χ1n) is 9.02. The van der Waals surface area contributed by atoms with Crippen molar-refractivity contribution in [1.29, 1.82) is 0 Å². The van der Waals surface area contributed by atoms with E-state index < -0.39 is 23.6 Å². The Hall–Kier alpha value is -1.70. The molecule has 0 aliphatic carbocycles. The third-order valence-electron chi connectivity index (χ3n) is 4.20. The number of H-pyrrole nitrogens is 1. The second-order valence-electron chi connectivity index (χ2n) is 6.27. The van der Waals surface area contributed by atoms with Gasteiger partial charge in [0.1, 0.15) is 6.10 Å². The van der Waals surface area contributed by atoms with Gasteiger partial charge in [-0.1, -0.05) is 45.1 Å². The lowest BCUT2D eigenvalue weighted by Crippen LogP contribution is -2.34. The van der Waals surface area contributed by atoms with Crippen molar-refractivity contribution >= 4 is 0 Å². The van der Waals surface area contributed by atoms with Crippen molar-refractivity contribution in [2.75, 3.05) is 13.2 Å². The first-order valence-corrected chi connectivity index (χ1v) is 9.02. The van der Waals surface area contributed by atoms with Crippen molar-refractivity contribution in [3.05, 3.63) is 44.8 Å². The number of unbranched alkanes of at least 4 members (excludes halogenated alkanes) is 5. The fourth-order valence-corrected chi connectivity index (χ4v) is 2.74. The van der Waals surface area contributed by atoms with Crippen LogP contribution in [-0.2, 0) is 16.1 Å². The molecule has 25 heavy (non-hydrogen) atoms. The molecule has 0 saturated heterocycles. The topological polar surface area (TPSA) is 93.6 Å². The van der Waals surface area contributed by atoms with Gasteiger partial charge in [0.15, 0.2) is 6.23 Å². The molecule has 1 aromatic heterocycles. The predicted octanol–water partition coefficient (Wildman–Crippen LogP) is 1.86. The zero-order chi connectivity index (χ0) is 18.1. The van der Waals surface area contributed by atoms with E-state index in [1.807, 2.05) is 0 Å². The van der Waals surface area contributed by atoms with E-state index in [-0.39, 0.29) is 13.2 Å². The highest BCUT2D eigenvalue weighted by Gasteiger charge is 2.21. The third kappa shape index (κ3) is 5.95. The van der Waals surface area contributed by atoms with Crippen LogP contribution in [0.25, 0.3) is 0 Å². The maximum absolute atomic E-state index is 12.0. The predicted molar refractivity (Wildman–Crippen MR) is 94.5 cm³/mol. The first-order chi connectivity index (χ1) is 12.2. The van der Waals surface area contributed by atoms with Gasteiger partial charge in [0, 0.05) is 12.8 Å². The van der Waals surface area contributed by atoms with Crippen molar-refractivity contribution < 1.29 is 14.6 Å². The average Bonchev–Trinajstić information content (AvgIpc) is 3.07. The largest absolute Gasteiger partial charge is 0.393 e. The Balaban J connectivity index is 1.85. The van der Waals surface area contributed by atoms with E-state index in [9.17, 15) is 9.59 Å². The number of hydrogen-bond acceptors (Lipinski definition) is 5. The van der Waals surface area contributed by atoms with Crippen molar-refractivity contribution in [1.82, 2.24) is 9.55 Å². The molecular formula is C18H28N2O5. The Bertz CT molecular complexity index is 664. The quantitative estimate of drug-likeness (QED) is 0.468. The van der Waals surface area contributed by atoms with Gasteiger partial charge in [0.25, 0.3) is 5.56 Å². The lowest BCUT2D eigenvalue weighted by molar-refractivity contribution is -0.0107. The molecule has 0 fully saturated rings. The fourth-order valence-electron chi connectivity index (χ4n) is 2.74. The molecule has 0 aromatic carbocycles. The van der Waals surface area contributed by atoms with E-state index in [4.69, 9.17) is 14.6 Å². The van der Waals surface area contributed by atoms with E-state index >= 15 is 0 Å². The maximum Gasteiger partial charge on any atom is 0.330 e. The van der Waals surface area contributed by atoms with Crippen LogP contribution in [0.3, 0.4) is 0 Å². The second kappa shape index (κ2) is 10.3. The Labute approximate surface area is 147 Å². The van der Waals surface area contributed by atoms with E-state index in [0.717, 1.165) is 12.8 Å². The van der Waals surface area contributed by atoms with Gasteiger partial charge >= 0.3 is 5.69 Å². The molecular weight excluding hydrogens is 324 g/mol. The number of aliphatic hydroxyl groups is 1. The van der Waals surface area contributed by atoms with Crippen LogP contribution < -0.4 is 11.2 Å². The fraction of sp³-hybridized carbons (Fsp3) is 0.667. The summed E-state index contributed by atoms with van der Waals surface area (Å²) in [6.07, 6.45) is 10.8. The number of aromatic nitrogens is 2. The van der Waals surface area contributed by atoms with Gasteiger partial charge in [-0.2, -0.15) is 0 Å². The van der Waals surface area contributed by atoms with Crippen LogP contribution in [0.1, 0.15) is 57.2 Å². The monoisotopic (exact) mass is 352 g/mol. The average molecular weight is 352 g/mol. The van der Waals surface area contributed by atoms with Gasteiger partial charge in [0.05, 0.1) is 18.8 Å². The van der Waals surface area contributed by atoms with E-state index in [0.29, 0.717) is 12.2 Å². The lowest BCUT2D eigenvalue weighted by Gasteiger charge is -2.15. The number of nitrogens with one attached hydrogen (secondary N) is 1. The molecule has 0 spiro atoms. The molecule has 140 valence electrons. The van der Waals surface area contributed by atoms with Crippen LogP contribution in [0.5, 0.6) is 0 Å². The number of hydrogen-bond donors (Lipinski definition) is 2. The van der Waals surface area contributed by atoms with Crippen LogP contribution in [0.2, 0.25) is 0 Å². The van der Waals surface area contributed by atoms with Crippen molar-refractivity contribution in [3.8, 4) is 0 Å². The molecule has 0 bridgehead atoms. The number of ether oxygens (including phenoxy) is 2. The Morgan fingerprint density at radius 2 is 1.96 bits per heavy atom. The molecule has 2 atom stereocenters. The summed E-state index contributed by atoms with van der Waals surface area (Å²) in [6, 6.07) is 0. The molecule has 0 saturated carbocycles. The summed E-state index contributed by atoms with van der Waals surface area (Å²) in [6.45, 7) is 2.79. The highest BCUT2D eigenvalue weighted by Crippen LogP contribution is 2.19. The van der Waals surface area contributed by atoms with Gasteiger partial charge in [-0.25, -0.2) is 4.79 Å². The lowest BCUT2D eigenvalue weighted by atomic mass is 10.1. The van der Waals surface area contributed by atoms with Crippen molar-refractivity contribution in [2.24, 2.45) is 0 Å². The van der Waals surface area contributed by atoms with Crippen molar-refractivity contribution in [2.45, 2.75) is 64.4 Å². The highest BCUT2D eigenvalue weighted by molar-refractivity contribution is 5.07. The number of aliphatic hydroxyl groups excluding tert-OH is 1. The van der Waals surface area contributed by atoms with Crippen LogP contribution >= 0.6 is 0 Å². The van der Waals surface area contributed by atoms with Crippen molar-refractivity contribution in [3.63, 3.8) is 0 Å². The minimum atomic E-state index is -0.626. The van der Waals surface area contributed by atoms with E-state index in [1.165, 1.54) is 36.4 Å². The molecule has 1 aliphatic rings. The zero-order valence-corrected chi connectivity index (χ0v) is 14.8. The van der Waals surface area contributed by atoms with Gasteiger partial charge in [-0.15, -0.1) is 0 Å². The molecule has 0 amide bonds. The Morgan fingerprint density at radius 1 is 1.20 bits per heavy atom. The summed E-state index contributed by atoms with van der Waals surface area (Å²) in [5.74, 6) is 0. The van der Waals surface area contributed by atoms with Crippen LogP contribution in [0.4, 0.5) is 0 Å². The normalized spacial score (nSPS) is 19.6. The van der Waals surface area contributed by atoms with E-state index in [2.05, 4.69) is 11.9 Å². The molecule has 2 rings (SSSR count). The number of nitrogens with zero attached hydrogens (tertiary/aromatic N) is 1. The Kier molecular flexibility index (Phi) is 8.11.